The summed E-state index contributed by atoms with van der Waals surface area (Å²) in [5.74, 6) is 0.851. The molecule has 0 bridgehead atoms. The second-order valence-corrected chi connectivity index (χ2v) is 6.00. The minimum absolute atomic E-state index is 0.286. The normalized spacial score (nSPS) is 13.6. The van der Waals surface area contributed by atoms with Gasteiger partial charge in [-0.3, -0.25) is 4.79 Å². The zero-order chi connectivity index (χ0) is 16.9. The third-order valence-electron chi connectivity index (χ3n) is 3.38. The molecule has 1 heterocycles. The summed E-state index contributed by atoms with van der Waals surface area (Å²) >= 11 is 12.2. The van der Waals surface area contributed by atoms with E-state index in [1.54, 1.807) is 42.5 Å². The van der Waals surface area contributed by atoms with Crippen LogP contribution in [0.25, 0.3) is 6.08 Å². The van der Waals surface area contributed by atoms with Crippen LogP contribution in [0.2, 0.25) is 10.0 Å². The molecule has 0 fully saturated rings. The predicted molar refractivity (Wildman–Crippen MR) is 96.2 cm³/mol. The SMILES string of the molecule is O=C(/C=C/c1cc(Cl)c2c(c1)OCCCO2)Nc1ccccc1Cl. The van der Waals surface area contributed by atoms with Gasteiger partial charge in [-0.2, -0.15) is 0 Å². The smallest absolute Gasteiger partial charge is 0.248 e. The number of hydrogen-bond donors (Lipinski definition) is 1. The summed E-state index contributed by atoms with van der Waals surface area (Å²) in [7, 11) is 0. The lowest BCUT2D eigenvalue weighted by molar-refractivity contribution is -0.111. The lowest BCUT2D eigenvalue weighted by Gasteiger charge is -2.10. The lowest BCUT2D eigenvalue weighted by Crippen LogP contribution is -2.07. The third kappa shape index (κ3) is 4.02. The number of ether oxygens (including phenoxy) is 2. The molecule has 1 aliphatic rings. The Labute approximate surface area is 150 Å². The van der Waals surface area contributed by atoms with E-state index in [1.807, 2.05) is 0 Å². The average molecular weight is 364 g/mol. The molecule has 1 aliphatic heterocycles. The maximum absolute atomic E-state index is 12.0. The van der Waals surface area contributed by atoms with E-state index in [2.05, 4.69) is 5.32 Å². The van der Waals surface area contributed by atoms with Crippen LogP contribution in [0.4, 0.5) is 5.69 Å². The molecule has 6 heteroatoms. The quantitative estimate of drug-likeness (QED) is 0.796. The summed E-state index contributed by atoms with van der Waals surface area (Å²) < 4.78 is 11.2. The van der Waals surface area contributed by atoms with Crippen LogP contribution in [0.5, 0.6) is 11.5 Å². The number of anilines is 1. The van der Waals surface area contributed by atoms with Gasteiger partial charge in [-0.05, 0) is 35.9 Å². The number of hydrogen-bond acceptors (Lipinski definition) is 3. The average Bonchev–Trinajstić information content (AvgIpc) is 2.81. The topological polar surface area (TPSA) is 47.6 Å². The van der Waals surface area contributed by atoms with Crippen molar-refractivity contribution >= 4 is 40.9 Å². The van der Waals surface area contributed by atoms with Crippen molar-refractivity contribution in [2.24, 2.45) is 0 Å². The van der Waals surface area contributed by atoms with Gasteiger partial charge in [0.05, 0.1) is 28.9 Å². The molecule has 3 rings (SSSR count). The molecular formula is C18H15Cl2NO3. The molecule has 0 atom stereocenters. The number of benzene rings is 2. The monoisotopic (exact) mass is 363 g/mol. The minimum Gasteiger partial charge on any atom is -0.489 e. The third-order valence-corrected chi connectivity index (χ3v) is 3.99. The Bertz CT molecular complexity index is 790. The molecule has 0 aromatic heterocycles. The van der Waals surface area contributed by atoms with E-state index in [0.717, 1.165) is 12.0 Å². The molecule has 0 aliphatic carbocycles. The van der Waals surface area contributed by atoms with Crippen molar-refractivity contribution in [1.29, 1.82) is 0 Å². The van der Waals surface area contributed by atoms with E-state index >= 15 is 0 Å². The van der Waals surface area contributed by atoms with Crippen molar-refractivity contribution in [2.75, 3.05) is 18.5 Å². The van der Waals surface area contributed by atoms with E-state index < -0.39 is 0 Å². The molecule has 2 aromatic carbocycles. The van der Waals surface area contributed by atoms with Gasteiger partial charge in [0.2, 0.25) is 5.91 Å². The van der Waals surface area contributed by atoms with Gasteiger partial charge < -0.3 is 14.8 Å². The summed E-state index contributed by atoms with van der Waals surface area (Å²) in [5.41, 5.74) is 1.31. The van der Waals surface area contributed by atoms with Crippen molar-refractivity contribution in [3.05, 3.63) is 58.1 Å². The first-order valence-corrected chi connectivity index (χ1v) is 8.22. The highest BCUT2D eigenvalue weighted by molar-refractivity contribution is 6.34. The summed E-state index contributed by atoms with van der Waals surface area (Å²) in [6.07, 6.45) is 3.88. The van der Waals surface area contributed by atoms with Gasteiger partial charge in [0.1, 0.15) is 0 Å². The van der Waals surface area contributed by atoms with Gasteiger partial charge in [-0.1, -0.05) is 35.3 Å². The highest BCUT2D eigenvalue weighted by atomic mass is 35.5. The van der Waals surface area contributed by atoms with Crippen LogP contribution >= 0.6 is 23.2 Å². The van der Waals surface area contributed by atoms with Crippen molar-refractivity contribution < 1.29 is 14.3 Å². The number of nitrogens with one attached hydrogen (secondary N) is 1. The Kier molecular flexibility index (Phi) is 5.28. The molecule has 4 nitrogen and oxygen atoms in total. The molecule has 1 amide bonds. The van der Waals surface area contributed by atoms with Crippen molar-refractivity contribution in [3.8, 4) is 11.5 Å². The molecule has 2 aromatic rings. The number of amides is 1. The molecular weight excluding hydrogens is 349 g/mol. The van der Waals surface area contributed by atoms with Crippen LogP contribution < -0.4 is 14.8 Å². The molecule has 124 valence electrons. The maximum Gasteiger partial charge on any atom is 0.248 e. The summed E-state index contributed by atoms with van der Waals surface area (Å²) in [6, 6.07) is 10.6. The highest BCUT2D eigenvalue weighted by Gasteiger charge is 2.15. The summed E-state index contributed by atoms with van der Waals surface area (Å²) in [5, 5.41) is 3.66. The van der Waals surface area contributed by atoms with E-state index in [0.29, 0.717) is 40.4 Å². The zero-order valence-electron chi connectivity index (χ0n) is 12.7. The Balaban J connectivity index is 1.74. The molecule has 0 saturated carbocycles. The van der Waals surface area contributed by atoms with Crippen molar-refractivity contribution in [1.82, 2.24) is 0 Å². The molecule has 0 radical (unpaired) electrons. The first-order valence-electron chi connectivity index (χ1n) is 7.46. The number of rotatable bonds is 3. The van der Waals surface area contributed by atoms with Gasteiger partial charge in [-0.15, -0.1) is 0 Å². The zero-order valence-corrected chi connectivity index (χ0v) is 14.2. The van der Waals surface area contributed by atoms with Crippen LogP contribution in [-0.2, 0) is 4.79 Å². The van der Waals surface area contributed by atoms with Gasteiger partial charge >= 0.3 is 0 Å². The van der Waals surface area contributed by atoms with Crippen LogP contribution in [0.1, 0.15) is 12.0 Å². The fourth-order valence-corrected chi connectivity index (χ4v) is 2.71. The fraction of sp³-hybridized carbons (Fsp3) is 0.167. The van der Waals surface area contributed by atoms with Crippen LogP contribution in [-0.4, -0.2) is 19.1 Å². The fourth-order valence-electron chi connectivity index (χ4n) is 2.26. The molecule has 0 unspecified atom stereocenters. The van der Waals surface area contributed by atoms with Gasteiger partial charge in [-0.25, -0.2) is 0 Å². The summed E-state index contributed by atoms with van der Waals surface area (Å²) in [6.45, 7) is 1.14. The van der Waals surface area contributed by atoms with Gasteiger partial charge in [0.15, 0.2) is 11.5 Å². The number of carbonyl (C=O) groups excluding carboxylic acids is 1. The van der Waals surface area contributed by atoms with Crippen LogP contribution in [0.15, 0.2) is 42.5 Å². The number of carbonyl (C=O) groups is 1. The second kappa shape index (κ2) is 7.60. The first-order chi connectivity index (χ1) is 11.6. The Morgan fingerprint density at radius 3 is 2.71 bits per heavy atom. The second-order valence-electron chi connectivity index (χ2n) is 5.18. The molecule has 1 N–H and O–H groups in total. The standard InChI is InChI=1S/C18H15Cl2NO3/c19-13-4-1-2-5-15(13)21-17(22)7-6-12-10-14(20)18-16(11-12)23-8-3-9-24-18/h1-2,4-7,10-11H,3,8-9H2,(H,21,22)/b7-6+. The molecule has 24 heavy (non-hydrogen) atoms. The maximum atomic E-state index is 12.0. The number of para-hydroxylation sites is 1. The van der Waals surface area contributed by atoms with Crippen molar-refractivity contribution in [3.63, 3.8) is 0 Å². The lowest BCUT2D eigenvalue weighted by atomic mass is 10.2. The molecule has 0 saturated heterocycles. The number of halogens is 2. The summed E-state index contributed by atoms with van der Waals surface area (Å²) in [4.78, 5) is 12.0. The Hall–Kier alpha value is -2.17. The van der Waals surface area contributed by atoms with Crippen molar-refractivity contribution in [2.45, 2.75) is 6.42 Å². The minimum atomic E-state index is -0.286. The van der Waals surface area contributed by atoms with E-state index in [-0.39, 0.29) is 5.91 Å². The van der Waals surface area contributed by atoms with E-state index in [9.17, 15) is 4.79 Å². The predicted octanol–water partition coefficient (Wildman–Crippen LogP) is 4.81. The highest BCUT2D eigenvalue weighted by Crippen LogP contribution is 2.38. The largest absolute Gasteiger partial charge is 0.489 e. The van der Waals surface area contributed by atoms with Crippen LogP contribution in [0, 0.1) is 0 Å². The van der Waals surface area contributed by atoms with E-state index in [1.165, 1.54) is 6.08 Å². The van der Waals surface area contributed by atoms with E-state index in [4.69, 9.17) is 32.7 Å². The first kappa shape index (κ1) is 16.7. The van der Waals surface area contributed by atoms with Crippen LogP contribution in [0.3, 0.4) is 0 Å². The Morgan fingerprint density at radius 2 is 1.88 bits per heavy atom. The van der Waals surface area contributed by atoms with Gasteiger partial charge in [0.25, 0.3) is 0 Å². The Morgan fingerprint density at radius 1 is 1.08 bits per heavy atom. The molecule has 0 spiro atoms. The van der Waals surface area contributed by atoms with Gasteiger partial charge in [0, 0.05) is 12.5 Å². The number of fused-ring (bicyclic) bond motifs is 1.